The van der Waals surface area contributed by atoms with E-state index < -0.39 is 0 Å². The largest absolute Gasteiger partial charge is 0.507 e. The quantitative estimate of drug-likeness (QED) is 0.780. The van der Waals surface area contributed by atoms with Gasteiger partial charge in [0.25, 0.3) is 0 Å². The first-order valence-electron chi connectivity index (χ1n) is 7.51. The van der Waals surface area contributed by atoms with Crippen LogP contribution in [0.4, 0.5) is 0 Å². The maximum absolute atomic E-state index is 10.7. The molecule has 0 spiro atoms. The van der Waals surface area contributed by atoms with Crippen molar-refractivity contribution in [2.45, 2.75) is 52.4 Å². The lowest BCUT2D eigenvalue weighted by molar-refractivity contribution is 0.407. The van der Waals surface area contributed by atoms with Crippen LogP contribution in [0.1, 0.15) is 52.7 Å². The summed E-state index contributed by atoms with van der Waals surface area (Å²) in [4.78, 5) is 11.5. The van der Waals surface area contributed by atoms with Crippen LogP contribution in [0.15, 0.2) is 12.1 Å². The second-order valence-electron chi connectivity index (χ2n) is 7.63. The molecular weight excluding hydrogens is 349 g/mol. The highest BCUT2D eigenvalue weighted by atomic mass is 35.5. The van der Waals surface area contributed by atoms with Gasteiger partial charge in [0.2, 0.25) is 10.6 Å². The molecule has 0 saturated heterocycles. The average Bonchev–Trinajstić information content (AvgIpc) is 2.36. The fourth-order valence-corrected chi connectivity index (χ4v) is 2.62. The number of aromatic nitrogens is 3. The summed E-state index contributed by atoms with van der Waals surface area (Å²) in [5.74, 6) is 0.773. The highest BCUT2D eigenvalue weighted by molar-refractivity contribution is 6.31. The van der Waals surface area contributed by atoms with Gasteiger partial charge < -0.3 is 9.84 Å². The Balaban J connectivity index is 2.58. The van der Waals surface area contributed by atoms with Crippen LogP contribution in [0.25, 0.3) is 0 Å². The number of phenols is 1. The van der Waals surface area contributed by atoms with Gasteiger partial charge in [-0.1, -0.05) is 41.5 Å². The summed E-state index contributed by atoms with van der Waals surface area (Å²) < 4.78 is 5.72. The fourth-order valence-electron chi connectivity index (χ4n) is 2.27. The number of ether oxygens (including phenoxy) is 1. The summed E-state index contributed by atoms with van der Waals surface area (Å²) in [5, 5.41) is 10.6. The first kappa shape index (κ1) is 18.7. The second-order valence-corrected chi connectivity index (χ2v) is 8.30. The molecule has 0 saturated carbocycles. The molecule has 130 valence electrons. The minimum Gasteiger partial charge on any atom is -0.507 e. The third-order valence-electron chi connectivity index (χ3n) is 3.47. The van der Waals surface area contributed by atoms with Crippen LogP contribution in [0, 0.1) is 0 Å². The van der Waals surface area contributed by atoms with Crippen molar-refractivity contribution in [2.24, 2.45) is 0 Å². The number of aromatic hydroxyl groups is 1. The molecule has 0 bridgehead atoms. The van der Waals surface area contributed by atoms with Gasteiger partial charge in [-0.3, -0.25) is 0 Å². The van der Waals surface area contributed by atoms with Crippen molar-refractivity contribution in [2.75, 3.05) is 0 Å². The van der Waals surface area contributed by atoms with Crippen LogP contribution in [0.2, 0.25) is 10.6 Å². The molecule has 2 aromatic rings. The zero-order valence-corrected chi connectivity index (χ0v) is 16.1. The van der Waals surface area contributed by atoms with Gasteiger partial charge in [0.15, 0.2) is 0 Å². The minimum atomic E-state index is -0.266. The van der Waals surface area contributed by atoms with Gasteiger partial charge in [-0.05, 0) is 46.2 Å². The van der Waals surface area contributed by atoms with Gasteiger partial charge in [-0.15, -0.1) is 0 Å². The standard InChI is InChI=1S/C17H21Cl2N3O2/c1-16(2,3)10-7-9(8-11(12(10)23)17(4,5)6)24-15-21-13(18)20-14(19)22-15/h7-8,23H,1-6H3. The van der Waals surface area contributed by atoms with Crippen LogP contribution in [0.5, 0.6) is 17.5 Å². The average molecular weight is 370 g/mol. The highest BCUT2D eigenvalue weighted by Gasteiger charge is 2.27. The summed E-state index contributed by atoms with van der Waals surface area (Å²) in [6, 6.07) is 3.55. The molecule has 0 radical (unpaired) electrons. The predicted octanol–water partition coefficient (Wildman–Crippen LogP) is 5.27. The zero-order chi connectivity index (χ0) is 18.3. The van der Waals surface area contributed by atoms with Crippen molar-refractivity contribution in [3.63, 3.8) is 0 Å². The summed E-state index contributed by atoms with van der Waals surface area (Å²) >= 11 is 11.6. The topological polar surface area (TPSA) is 68.1 Å². The first-order valence-corrected chi connectivity index (χ1v) is 8.26. The van der Waals surface area contributed by atoms with Crippen LogP contribution in [-0.4, -0.2) is 20.1 Å². The molecule has 0 fully saturated rings. The molecule has 1 N–H and O–H groups in total. The van der Waals surface area contributed by atoms with Gasteiger partial charge in [-0.2, -0.15) is 15.0 Å². The van der Waals surface area contributed by atoms with Gasteiger partial charge >= 0.3 is 6.01 Å². The Labute approximate surface area is 152 Å². The summed E-state index contributed by atoms with van der Waals surface area (Å²) in [6.45, 7) is 12.1. The molecule has 1 aromatic heterocycles. The Morgan fingerprint density at radius 3 is 1.62 bits per heavy atom. The van der Waals surface area contributed by atoms with E-state index in [4.69, 9.17) is 27.9 Å². The first-order chi connectivity index (χ1) is 10.9. The van der Waals surface area contributed by atoms with Crippen molar-refractivity contribution in [1.82, 2.24) is 15.0 Å². The van der Waals surface area contributed by atoms with Crippen LogP contribution in [0.3, 0.4) is 0 Å². The van der Waals surface area contributed by atoms with Crippen molar-refractivity contribution in [3.8, 4) is 17.5 Å². The molecule has 0 unspecified atom stereocenters. The number of phenolic OH excluding ortho intramolecular Hbond substituents is 1. The third-order valence-corrected chi connectivity index (χ3v) is 3.81. The molecule has 2 rings (SSSR count). The lowest BCUT2D eigenvalue weighted by Crippen LogP contribution is -2.17. The smallest absolute Gasteiger partial charge is 0.327 e. The zero-order valence-electron chi connectivity index (χ0n) is 14.6. The Morgan fingerprint density at radius 1 is 0.833 bits per heavy atom. The molecule has 0 aliphatic heterocycles. The lowest BCUT2D eigenvalue weighted by Gasteiger charge is -2.27. The molecule has 5 nitrogen and oxygen atoms in total. The Bertz CT molecular complexity index is 710. The number of hydrogen-bond donors (Lipinski definition) is 1. The molecule has 0 atom stereocenters. The SMILES string of the molecule is CC(C)(C)c1cc(Oc2nc(Cl)nc(Cl)n2)cc(C(C)(C)C)c1O. The number of hydrogen-bond acceptors (Lipinski definition) is 5. The highest BCUT2D eigenvalue weighted by Crippen LogP contribution is 2.42. The Kier molecular flexibility index (Phi) is 4.98. The van der Waals surface area contributed by atoms with Gasteiger partial charge in [0.1, 0.15) is 11.5 Å². The second kappa shape index (κ2) is 6.37. The third kappa shape index (κ3) is 4.28. The molecule has 7 heteroatoms. The van der Waals surface area contributed by atoms with E-state index in [1.54, 1.807) is 12.1 Å². The number of benzene rings is 1. The van der Waals surface area contributed by atoms with E-state index in [-0.39, 0.29) is 33.2 Å². The maximum Gasteiger partial charge on any atom is 0.327 e. The van der Waals surface area contributed by atoms with Crippen LogP contribution >= 0.6 is 23.2 Å². The molecule has 24 heavy (non-hydrogen) atoms. The van der Waals surface area contributed by atoms with Gasteiger partial charge in [0.05, 0.1) is 0 Å². The predicted molar refractivity (Wildman–Crippen MR) is 95.4 cm³/mol. The number of halogens is 2. The normalized spacial score (nSPS) is 12.3. The lowest BCUT2D eigenvalue weighted by atomic mass is 9.79. The summed E-state index contributed by atoms with van der Waals surface area (Å²) in [5.41, 5.74) is 1.02. The summed E-state index contributed by atoms with van der Waals surface area (Å²) in [6.07, 6.45) is 0. The van der Waals surface area contributed by atoms with E-state index in [0.29, 0.717) is 5.75 Å². The fraction of sp³-hybridized carbons (Fsp3) is 0.471. The van der Waals surface area contributed by atoms with E-state index >= 15 is 0 Å². The van der Waals surface area contributed by atoms with Crippen LogP contribution in [-0.2, 0) is 10.8 Å². The van der Waals surface area contributed by atoms with Crippen molar-refractivity contribution in [1.29, 1.82) is 0 Å². The molecule has 1 heterocycles. The molecular formula is C17H21Cl2N3O2. The van der Waals surface area contributed by atoms with Crippen LogP contribution < -0.4 is 4.74 Å². The van der Waals surface area contributed by atoms with E-state index in [1.807, 2.05) is 41.5 Å². The van der Waals surface area contributed by atoms with E-state index in [2.05, 4.69) is 15.0 Å². The number of rotatable bonds is 2. The monoisotopic (exact) mass is 369 g/mol. The van der Waals surface area contributed by atoms with Gasteiger partial charge in [-0.25, -0.2) is 0 Å². The van der Waals surface area contributed by atoms with Crippen molar-refractivity contribution in [3.05, 3.63) is 33.8 Å². The van der Waals surface area contributed by atoms with E-state index in [1.165, 1.54) is 0 Å². The van der Waals surface area contributed by atoms with Crippen molar-refractivity contribution >= 4 is 23.2 Å². The molecule has 0 amide bonds. The summed E-state index contributed by atoms with van der Waals surface area (Å²) in [7, 11) is 0. The minimum absolute atomic E-state index is 0.00501. The van der Waals surface area contributed by atoms with Crippen molar-refractivity contribution < 1.29 is 9.84 Å². The van der Waals surface area contributed by atoms with E-state index in [0.717, 1.165) is 11.1 Å². The van der Waals surface area contributed by atoms with Gasteiger partial charge in [0, 0.05) is 11.1 Å². The Morgan fingerprint density at radius 2 is 1.25 bits per heavy atom. The maximum atomic E-state index is 10.7. The van der Waals surface area contributed by atoms with E-state index in [9.17, 15) is 5.11 Å². The molecule has 1 aromatic carbocycles. The number of nitrogens with zero attached hydrogens (tertiary/aromatic N) is 3. The molecule has 0 aliphatic carbocycles. The Hall–Kier alpha value is -1.59. The molecule has 0 aliphatic rings.